The molecule has 0 aliphatic carbocycles. The number of aromatic nitrogens is 2. The first-order valence-corrected chi connectivity index (χ1v) is 7.06. The van der Waals surface area contributed by atoms with E-state index in [-0.39, 0.29) is 11.6 Å². The zero-order valence-electron chi connectivity index (χ0n) is 11.4. The molecule has 1 atom stereocenters. The van der Waals surface area contributed by atoms with E-state index in [0.29, 0.717) is 15.9 Å². The molecule has 2 rings (SSSR count). The minimum atomic E-state index is -0.938. The zero-order valence-corrected chi connectivity index (χ0v) is 12.2. The number of carboxylic acids is 1. The van der Waals surface area contributed by atoms with Crippen LogP contribution in [0.3, 0.4) is 0 Å². The Morgan fingerprint density at radius 3 is 2.67 bits per heavy atom. The number of carboxylic acid groups (broad SMARTS) is 1. The van der Waals surface area contributed by atoms with E-state index in [4.69, 9.17) is 0 Å². The number of non-ortho nitro benzene ring substituents is 1. The van der Waals surface area contributed by atoms with Gasteiger partial charge in [-0.05, 0) is 12.0 Å². The van der Waals surface area contributed by atoms with Crippen LogP contribution in [0.2, 0.25) is 0 Å². The summed E-state index contributed by atoms with van der Waals surface area (Å²) in [4.78, 5) is 29.8. The molecule has 0 radical (unpaired) electrons. The van der Waals surface area contributed by atoms with Crippen molar-refractivity contribution >= 4 is 34.3 Å². The average molecular weight is 307 g/mol. The highest BCUT2D eigenvalue weighted by Crippen LogP contribution is 2.32. The van der Waals surface area contributed by atoms with Gasteiger partial charge in [0.2, 0.25) is 0 Å². The summed E-state index contributed by atoms with van der Waals surface area (Å²) in [6, 6.07) is 4.27. The number of nitro groups is 1. The molecule has 1 N–H and O–H groups in total. The van der Waals surface area contributed by atoms with Crippen molar-refractivity contribution in [2.24, 2.45) is 5.92 Å². The Kier molecular flexibility index (Phi) is 4.37. The quantitative estimate of drug-likeness (QED) is 0.391. The van der Waals surface area contributed by atoms with Gasteiger partial charge in [-0.25, -0.2) is 9.97 Å². The average Bonchev–Trinajstić information content (AvgIpc) is 2.43. The van der Waals surface area contributed by atoms with E-state index in [1.165, 1.54) is 24.5 Å². The fourth-order valence-electron chi connectivity index (χ4n) is 1.82. The van der Waals surface area contributed by atoms with E-state index in [1.807, 2.05) is 0 Å². The van der Waals surface area contributed by atoms with Crippen LogP contribution >= 0.6 is 11.8 Å². The van der Waals surface area contributed by atoms with Crippen LogP contribution in [0.25, 0.3) is 10.9 Å². The van der Waals surface area contributed by atoms with Crippen molar-refractivity contribution in [3.8, 4) is 0 Å². The molecule has 0 saturated carbocycles. The Morgan fingerprint density at radius 2 is 2.10 bits per heavy atom. The molecule has 110 valence electrons. The number of rotatable bonds is 5. The number of hydrogen-bond acceptors (Lipinski definition) is 6. The lowest BCUT2D eigenvalue weighted by molar-refractivity contribution is -0.384. The van der Waals surface area contributed by atoms with Gasteiger partial charge in [-0.1, -0.05) is 25.6 Å². The van der Waals surface area contributed by atoms with Crippen LogP contribution in [-0.2, 0) is 4.79 Å². The van der Waals surface area contributed by atoms with Gasteiger partial charge in [0.1, 0.15) is 16.6 Å². The Hall–Kier alpha value is -2.22. The summed E-state index contributed by atoms with van der Waals surface area (Å²) in [6.45, 7) is 3.61. The fourth-order valence-corrected chi connectivity index (χ4v) is 2.83. The van der Waals surface area contributed by atoms with Gasteiger partial charge in [0.25, 0.3) is 5.69 Å². The SMILES string of the molecule is CC(C)C(Sc1ncnc2ccc([N+](=O)[O-])cc12)C(=O)O. The molecule has 0 spiro atoms. The molecule has 0 amide bonds. The van der Waals surface area contributed by atoms with E-state index in [1.54, 1.807) is 13.8 Å². The maximum atomic E-state index is 11.3. The van der Waals surface area contributed by atoms with Crippen LogP contribution in [0.5, 0.6) is 0 Å². The lowest BCUT2D eigenvalue weighted by Crippen LogP contribution is -2.22. The topological polar surface area (TPSA) is 106 Å². The molecule has 0 aliphatic heterocycles. The van der Waals surface area contributed by atoms with Crippen LogP contribution in [0.15, 0.2) is 29.6 Å². The van der Waals surface area contributed by atoms with E-state index in [0.717, 1.165) is 11.8 Å². The maximum absolute atomic E-state index is 11.3. The number of thioether (sulfide) groups is 1. The van der Waals surface area contributed by atoms with Crippen molar-refractivity contribution in [1.29, 1.82) is 0 Å². The molecule has 2 aromatic rings. The predicted molar refractivity (Wildman–Crippen MR) is 78.3 cm³/mol. The third-order valence-corrected chi connectivity index (χ3v) is 4.43. The Morgan fingerprint density at radius 1 is 1.38 bits per heavy atom. The Bertz CT molecular complexity index is 705. The molecule has 1 aromatic carbocycles. The van der Waals surface area contributed by atoms with Gasteiger partial charge >= 0.3 is 5.97 Å². The highest BCUT2D eigenvalue weighted by Gasteiger charge is 2.24. The lowest BCUT2D eigenvalue weighted by atomic mass is 10.1. The third kappa shape index (κ3) is 3.27. The number of benzene rings is 1. The first-order chi connectivity index (χ1) is 9.90. The van der Waals surface area contributed by atoms with E-state index >= 15 is 0 Å². The number of aliphatic carboxylic acids is 1. The molecule has 1 unspecified atom stereocenters. The van der Waals surface area contributed by atoms with Gasteiger partial charge < -0.3 is 5.11 Å². The van der Waals surface area contributed by atoms with Crippen LogP contribution < -0.4 is 0 Å². The maximum Gasteiger partial charge on any atom is 0.317 e. The van der Waals surface area contributed by atoms with E-state index in [2.05, 4.69) is 9.97 Å². The summed E-state index contributed by atoms with van der Waals surface area (Å²) in [7, 11) is 0. The largest absolute Gasteiger partial charge is 0.480 e. The van der Waals surface area contributed by atoms with E-state index in [9.17, 15) is 20.0 Å². The van der Waals surface area contributed by atoms with Crippen molar-refractivity contribution in [1.82, 2.24) is 9.97 Å². The summed E-state index contributed by atoms with van der Waals surface area (Å²) < 4.78 is 0. The molecule has 8 heteroatoms. The molecule has 0 fully saturated rings. The highest BCUT2D eigenvalue weighted by molar-refractivity contribution is 8.00. The minimum absolute atomic E-state index is 0.0735. The number of fused-ring (bicyclic) bond motifs is 1. The van der Waals surface area contributed by atoms with Crippen LogP contribution in [0.4, 0.5) is 5.69 Å². The Labute approximate surface area is 124 Å². The molecule has 21 heavy (non-hydrogen) atoms. The number of nitro benzene ring substituents is 1. The predicted octanol–water partition coefficient (Wildman–Crippen LogP) is 2.74. The van der Waals surface area contributed by atoms with E-state index < -0.39 is 16.1 Å². The molecule has 0 saturated heterocycles. The first kappa shape index (κ1) is 15.2. The second-order valence-corrected chi connectivity index (χ2v) is 5.89. The van der Waals surface area contributed by atoms with Crippen LogP contribution in [0.1, 0.15) is 13.8 Å². The summed E-state index contributed by atoms with van der Waals surface area (Å²) >= 11 is 1.08. The summed E-state index contributed by atoms with van der Waals surface area (Å²) in [5, 5.41) is 20.4. The fraction of sp³-hybridized carbons (Fsp3) is 0.308. The van der Waals surface area contributed by atoms with Crippen molar-refractivity contribution in [3.63, 3.8) is 0 Å². The van der Waals surface area contributed by atoms with Gasteiger partial charge in [-0.2, -0.15) is 0 Å². The molecule has 7 nitrogen and oxygen atoms in total. The zero-order chi connectivity index (χ0) is 15.6. The van der Waals surface area contributed by atoms with Crippen molar-refractivity contribution in [2.75, 3.05) is 0 Å². The number of hydrogen-bond donors (Lipinski definition) is 1. The second kappa shape index (κ2) is 6.04. The van der Waals surface area contributed by atoms with Gasteiger partial charge in [0.15, 0.2) is 0 Å². The molecule has 0 aliphatic rings. The number of nitrogens with zero attached hydrogens (tertiary/aromatic N) is 3. The summed E-state index contributed by atoms with van der Waals surface area (Å²) in [6.07, 6.45) is 1.33. The molecule has 1 aromatic heterocycles. The lowest BCUT2D eigenvalue weighted by Gasteiger charge is -2.15. The van der Waals surface area contributed by atoms with Crippen molar-refractivity contribution in [3.05, 3.63) is 34.6 Å². The Balaban J connectivity index is 2.50. The van der Waals surface area contributed by atoms with Crippen LogP contribution in [0, 0.1) is 16.0 Å². The monoisotopic (exact) mass is 307 g/mol. The first-order valence-electron chi connectivity index (χ1n) is 6.18. The highest BCUT2D eigenvalue weighted by atomic mass is 32.2. The third-order valence-electron chi connectivity index (χ3n) is 2.88. The van der Waals surface area contributed by atoms with Gasteiger partial charge in [0.05, 0.1) is 10.4 Å². The van der Waals surface area contributed by atoms with Crippen LogP contribution in [-0.4, -0.2) is 31.2 Å². The summed E-state index contributed by atoms with van der Waals surface area (Å²) in [5.74, 6) is -1.04. The van der Waals surface area contributed by atoms with Gasteiger partial charge in [0, 0.05) is 17.5 Å². The minimum Gasteiger partial charge on any atom is -0.480 e. The smallest absolute Gasteiger partial charge is 0.317 e. The van der Waals surface area contributed by atoms with Gasteiger partial charge in [-0.15, -0.1) is 0 Å². The molecular formula is C13H13N3O4S. The molecule has 1 heterocycles. The van der Waals surface area contributed by atoms with Gasteiger partial charge in [-0.3, -0.25) is 14.9 Å². The standard InChI is InChI=1S/C13H13N3O4S/c1-7(2)11(13(17)18)21-12-9-5-8(16(19)20)3-4-10(9)14-6-15-12/h3-7,11H,1-2H3,(H,17,18). The summed E-state index contributed by atoms with van der Waals surface area (Å²) in [5.41, 5.74) is 0.474. The second-order valence-electron chi connectivity index (χ2n) is 4.76. The molecular weight excluding hydrogens is 294 g/mol. The number of carbonyl (C=O) groups is 1. The molecule has 0 bridgehead atoms. The normalized spacial score (nSPS) is 12.5. The van der Waals surface area contributed by atoms with Crippen molar-refractivity contribution < 1.29 is 14.8 Å². The van der Waals surface area contributed by atoms with Crippen molar-refractivity contribution in [2.45, 2.75) is 24.1 Å².